The Balaban J connectivity index is 1.23. The van der Waals surface area contributed by atoms with E-state index >= 15 is 0 Å². The molecule has 2 bridgehead atoms. The number of nitrogens with one attached hydrogen (secondary N) is 3. The Kier molecular flexibility index (Phi) is 7.70. The van der Waals surface area contributed by atoms with Crippen molar-refractivity contribution >= 4 is 34.9 Å². The number of carbonyl (C=O) groups is 3. The maximum Gasteiger partial charge on any atom is 0.419 e. The van der Waals surface area contributed by atoms with Crippen molar-refractivity contribution in [1.29, 1.82) is 0 Å². The summed E-state index contributed by atoms with van der Waals surface area (Å²) in [5.41, 5.74) is -2.80. The third kappa shape index (κ3) is 5.52. The first-order chi connectivity index (χ1) is 21.9. The van der Waals surface area contributed by atoms with E-state index in [1.807, 2.05) is 4.90 Å². The topological polar surface area (TPSA) is 144 Å². The molecule has 46 heavy (non-hydrogen) atoms. The molecule has 2 aromatic heterocycles. The Morgan fingerprint density at radius 1 is 1.02 bits per heavy atom. The fraction of sp³-hybridized carbons (Fsp3) is 0.367. The van der Waals surface area contributed by atoms with Crippen molar-refractivity contribution in [2.45, 2.75) is 36.5 Å². The van der Waals surface area contributed by atoms with Gasteiger partial charge in [-0.15, -0.1) is 0 Å². The molecular formula is C30H28F4N6O6. The number of rotatable bonds is 9. The molecule has 4 fully saturated rings. The highest BCUT2D eigenvalue weighted by Gasteiger charge is 2.71. The summed E-state index contributed by atoms with van der Waals surface area (Å²) in [5.74, 6) is -2.82. The summed E-state index contributed by atoms with van der Waals surface area (Å²) in [4.78, 5) is 49.7. The van der Waals surface area contributed by atoms with E-state index in [2.05, 4.69) is 25.9 Å². The van der Waals surface area contributed by atoms with Crippen molar-refractivity contribution < 1.29 is 46.2 Å². The van der Waals surface area contributed by atoms with Gasteiger partial charge in [-0.25, -0.2) is 14.4 Å². The van der Waals surface area contributed by atoms with Crippen molar-refractivity contribution in [1.82, 2.24) is 14.9 Å². The summed E-state index contributed by atoms with van der Waals surface area (Å²) in [6.07, 6.45) is -0.375. The molecular weight excluding hydrogens is 616 g/mol. The quantitative estimate of drug-likeness (QED) is 0.293. The van der Waals surface area contributed by atoms with E-state index in [9.17, 15) is 31.9 Å². The van der Waals surface area contributed by atoms with Gasteiger partial charge in [-0.05, 0) is 43.5 Å². The molecule has 1 aromatic carbocycles. The van der Waals surface area contributed by atoms with E-state index in [4.69, 9.17) is 14.2 Å². The number of nitrogens with zero attached hydrogens (tertiary/aromatic N) is 3. The average molecular weight is 645 g/mol. The van der Waals surface area contributed by atoms with Crippen LogP contribution in [0.2, 0.25) is 0 Å². The highest BCUT2D eigenvalue weighted by Crippen LogP contribution is 2.65. The van der Waals surface area contributed by atoms with Gasteiger partial charge >= 0.3 is 6.18 Å². The van der Waals surface area contributed by atoms with Gasteiger partial charge < -0.3 is 35.1 Å². The zero-order valence-electron chi connectivity index (χ0n) is 24.6. The van der Waals surface area contributed by atoms with E-state index in [-0.39, 0.29) is 63.5 Å². The Hall–Kier alpha value is -4.99. The molecule has 12 nitrogen and oxygen atoms in total. The van der Waals surface area contributed by atoms with Crippen molar-refractivity contribution in [3.8, 4) is 11.6 Å². The molecule has 0 radical (unpaired) electrons. The van der Waals surface area contributed by atoms with Gasteiger partial charge in [-0.3, -0.25) is 14.4 Å². The number of hydrogen-bond donors (Lipinski definition) is 3. The van der Waals surface area contributed by atoms with Crippen LogP contribution in [0.15, 0.2) is 42.7 Å². The minimum atomic E-state index is -4.99. The number of aromatic nitrogens is 2. The molecule has 3 aromatic rings. The smallest absolute Gasteiger partial charge is 0.419 e. The largest absolute Gasteiger partial charge is 0.496 e. The second kappa shape index (κ2) is 11.4. The van der Waals surface area contributed by atoms with Crippen LogP contribution in [0, 0.1) is 5.82 Å². The van der Waals surface area contributed by atoms with Crippen LogP contribution in [-0.4, -0.2) is 77.6 Å². The predicted octanol–water partition coefficient (Wildman–Crippen LogP) is 4.10. The SMILES string of the molecule is COc1cc(C(=O)Nc2ccc(F)c(C(F)(F)F)c2)c(NC(=O)c2c(OC)ccnc2NC23CC(N4CCOCC4=O)(C2)C3)cn1. The molecule has 4 aliphatic rings. The first kappa shape index (κ1) is 31.0. The summed E-state index contributed by atoms with van der Waals surface area (Å²) >= 11 is 0. The van der Waals surface area contributed by atoms with Crippen LogP contribution in [0.25, 0.3) is 0 Å². The van der Waals surface area contributed by atoms with E-state index in [1.165, 1.54) is 32.5 Å². The number of benzene rings is 1. The molecule has 7 rings (SSSR count). The number of pyridine rings is 2. The molecule has 0 unspecified atom stereocenters. The number of anilines is 3. The molecule has 0 atom stereocenters. The first-order valence-corrected chi connectivity index (χ1v) is 14.1. The Morgan fingerprint density at radius 3 is 2.46 bits per heavy atom. The van der Waals surface area contributed by atoms with Crippen LogP contribution in [0.3, 0.4) is 0 Å². The number of amides is 3. The first-order valence-electron chi connectivity index (χ1n) is 14.1. The summed E-state index contributed by atoms with van der Waals surface area (Å²) < 4.78 is 69.3. The number of alkyl halides is 3. The molecule has 242 valence electrons. The minimum absolute atomic E-state index is 0.0177. The zero-order valence-corrected chi connectivity index (χ0v) is 24.6. The predicted molar refractivity (Wildman–Crippen MR) is 154 cm³/mol. The Bertz CT molecular complexity index is 1710. The van der Waals surface area contributed by atoms with E-state index in [0.717, 1.165) is 12.3 Å². The Morgan fingerprint density at radius 2 is 1.78 bits per heavy atom. The molecule has 3 aliphatic carbocycles. The molecule has 3 amide bonds. The zero-order chi connectivity index (χ0) is 32.9. The number of hydrogen-bond acceptors (Lipinski definition) is 9. The van der Waals surface area contributed by atoms with Gasteiger partial charge in [0.15, 0.2) is 0 Å². The van der Waals surface area contributed by atoms with Gasteiger partial charge in [0.1, 0.15) is 29.6 Å². The number of halogens is 4. The molecule has 1 aliphatic heterocycles. The van der Waals surface area contributed by atoms with Crippen LogP contribution in [0.5, 0.6) is 11.6 Å². The molecule has 3 N–H and O–H groups in total. The van der Waals surface area contributed by atoms with Gasteiger partial charge in [0.05, 0.1) is 43.8 Å². The normalized spacial score (nSPS) is 21.9. The third-order valence-corrected chi connectivity index (χ3v) is 8.41. The van der Waals surface area contributed by atoms with Crippen LogP contribution in [0.1, 0.15) is 45.5 Å². The van der Waals surface area contributed by atoms with Crippen LogP contribution in [-0.2, 0) is 15.7 Å². The number of ether oxygens (including phenoxy) is 3. The maximum absolute atomic E-state index is 13.8. The highest BCUT2D eigenvalue weighted by molar-refractivity contribution is 6.14. The monoisotopic (exact) mass is 644 g/mol. The lowest BCUT2D eigenvalue weighted by Crippen LogP contribution is -2.82. The van der Waals surface area contributed by atoms with Gasteiger partial charge in [-0.2, -0.15) is 13.2 Å². The van der Waals surface area contributed by atoms with Crippen molar-refractivity contribution in [2.75, 3.05) is 49.9 Å². The fourth-order valence-electron chi connectivity index (χ4n) is 6.39. The van der Waals surface area contributed by atoms with Gasteiger partial charge in [0.2, 0.25) is 11.8 Å². The van der Waals surface area contributed by atoms with Crippen molar-refractivity contribution in [3.05, 3.63) is 65.2 Å². The van der Waals surface area contributed by atoms with Crippen molar-refractivity contribution in [2.24, 2.45) is 0 Å². The Labute approximate surface area is 259 Å². The second-order valence-electron chi connectivity index (χ2n) is 11.4. The molecule has 3 saturated carbocycles. The van der Waals surface area contributed by atoms with Crippen LogP contribution >= 0.6 is 0 Å². The number of methoxy groups -OCH3 is 2. The summed E-state index contributed by atoms with van der Waals surface area (Å²) in [6.45, 7) is 1.06. The van der Waals surface area contributed by atoms with Gasteiger partial charge in [-0.1, -0.05) is 0 Å². The van der Waals surface area contributed by atoms with Crippen LogP contribution in [0.4, 0.5) is 34.8 Å². The van der Waals surface area contributed by atoms with E-state index in [1.54, 1.807) is 0 Å². The summed E-state index contributed by atoms with van der Waals surface area (Å²) in [7, 11) is 2.67. The van der Waals surface area contributed by atoms with E-state index < -0.39 is 29.4 Å². The lowest BCUT2D eigenvalue weighted by molar-refractivity contribution is -0.189. The van der Waals surface area contributed by atoms with Crippen LogP contribution < -0.4 is 25.4 Å². The second-order valence-corrected chi connectivity index (χ2v) is 11.4. The highest BCUT2D eigenvalue weighted by atomic mass is 19.4. The maximum atomic E-state index is 13.8. The molecule has 16 heteroatoms. The van der Waals surface area contributed by atoms with Gasteiger partial charge in [0, 0.05) is 35.6 Å². The fourth-order valence-corrected chi connectivity index (χ4v) is 6.39. The molecule has 3 heterocycles. The lowest BCUT2D eigenvalue weighted by Gasteiger charge is -2.74. The number of morpholine rings is 1. The summed E-state index contributed by atoms with van der Waals surface area (Å²) in [6, 6.07) is 4.70. The lowest BCUT2D eigenvalue weighted by atomic mass is 9.43. The van der Waals surface area contributed by atoms with Gasteiger partial charge in [0.25, 0.3) is 11.8 Å². The average Bonchev–Trinajstić information content (AvgIpc) is 2.99. The standard InChI is InChI=1S/C30H28F4N6O6/c1-44-21-5-6-35-25(39-28-13-29(14-28,15-28)40-7-8-46-12-23(40)41)24(21)27(43)38-20-11-36-22(45-2)10-17(20)26(42)37-16-3-4-19(31)18(9-16)30(32,33)34/h3-6,9-11H,7-8,12-15H2,1-2H3,(H,35,39)(H,37,42)(H,38,43). The molecule has 0 spiro atoms. The van der Waals surface area contributed by atoms with E-state index in [0.29, 0.717) is 44.5 Å². The number of carbonyl (C=O) groups excluding carboxylic acids is 3. The summed E-state index contributed by atoms with van der Waals surface area (Å²) in [5, 5.41) is 8.28. The minimum Gasteiger partial charge on any atom is -0.496 e. The third-order valence-electron chi connectivity index (χ3n) is 8.41. The van der Waals surface area contributed by atoms with Crippen molar-refractivity contribution in [3.63, 3.8) is 0 Å². The molecule has 1 saturated heterocycles.